The van der Waals surface area contributed by atoms with E-state index < -0.39 is 15.9 Å². The van der Waals surface area contributed by atoms with E-state index in [4.69, 9.17) is 27.9 Å². The van der Waals surface area contributed by atoms with Crippen molar-refractivity contribution in [1.29, 1.82) is 0 Å². The smallest absolute Gasteiger partial charge is 0.266 e. The molecule has 0 aliphatic carbocycles. The Morgan fingerprint density at radius 1 is 1.23 bits per heavy atom. The summed E-state index contributed by atoms with van der Waals surface area (Å²) in [5.74, 6) is -0.280. The van der Waals surface area contributed by atoms with Crippen molar-refractivity contribution in [3.63, 3.8) is 0 Å². The molecule has 116 valence electrons. The van der Waals surface area contributed by atoms with Crippen LogP contribution in [0, 0.1) is 0 Å². The predicted molar refractivity (Wildman–Crippen MR) is 83.1 cm³/mol. The summed E-state index contributed by atoms with van der Waals surface area (Å²) in [6.07, 6.45) is 2.07. The van der Waals surface area contributed by atoms with Crippen LogP contribution in [-0.2, 0) is 10.0 Å². The molecule has 1 amide bonds. The molecule has 9 heteroatoms. The number of rotatable bonds is 4. The summed E-state index contributed by atoms with van der Waals surface area (Å²) in [6, 6.07) is 7.68. The van der Waals surface area contributed by atoms with Crippen molar-refractivity contribution < 1.29 is 17.9 Å². The molecule has 0 aliphatic heterocycles. The standard InChI is InChI=1S/C13H10Cl2N2O4S/c1-22(19,20)17-13(18)8-5-6-11(16-7-8)21-10-4-2-3-9(14)12(10)15/h2-7H,1H3,(H,17,18). The molecule has 0 spiro atoms. The highest BCUT2D eigenvalue weighted by Crippen LogP contribution is 2.33. The lowest BCUT2D eigenvalue weighted by atomic mass is 10.3. The van der Waals surface area contributed by atoms with Crippen molar-refractivity contribution in [3.05, 3.63) is 52.1 Å². The molecule has 2 rings (SSSR count). The van der Waals surface area contributed by atoms with E-state index in [9.17, 15) is 13.2 Å². The highest BCUT2D eigenvalue weighted by atomic mass is 35.5. The maximum absolute atomic E-state index is 11.6. The maximum Gasteiger partial charge on any atom is 0.266 e. The van der Waals surface area contributed by atoms with Crippen molar-refractivity contribution in [2.75, 3.05) is 6.26 Å². The SMILES string of the molecule is CS(=O)(=O)NC(=O)c1ccc(Oc2cccc(Cl)c2Cl)nc1. The highest BCUT2D eigenvalue weighted by Gasteiger charge is 2.12. The van der Waals surface area contributed by atoms with E-state index in [1.807, 2.05) is 4.72 Å². The summed E-state index contributed by atoms with van der Waals surface area (Å²) in [5.41, 5.74) is 0.0787. The number of amides is 1. The van der Waals surface area contributed by atoms with E-state index in [1.165, 1.54) is 18.3 Å². The Morgan fingerprint density at radius 2 is 1.95 bits per heavy atom. The molecule has 0 fully saturated rings. The third kappa shape index (κ3) is 4.33. The average molecular weight is 361 g/mol. The molecule has 1 heterocycles. The van der Waals surface area contributed by atoms with Crippen LogP contribution in [0.15, 0.2) is 36.5 Å². The first-order chi connectivity index (χ1) is 10.3. The number of pyridine rings is 1. The fourth-order valence-corrected chi connectivity index (χ4v) is 2.26. The number of ether oxygens (including phenoxy) is 1. The molecule has 0 saturated carbocycles. The van der Waals surface area contributed by atoms with E-state index in [1.54, 1.807) is 18.2 Å². The van der Waals surface area contributed by atoms with Gasteiger partial charge in [-0.15, -0.1) is 0 Å². The predicted octanol–water partition coefficient (Wildman–Crippen LogP) is 2.87. The van der Waals surface area contributed by atoms with Crippen molar-refractivity contribution in [3.8, 4) is 11.6 Å². The van der Waals surface area contributed by atoms with Crippen LogP contribution in [0.3, 0.4) is 0 Å². The molecule has 0 radical (unpaired) electrons. The topological polar surface area (TPSA) is 85.4 Å². The number of aromatic nitrogens is 1. The molecule has 0 saturated heterocycles. The molecule has 1 aromatic heterocycles. The lowest BCUT2D eigenvalue weighted by Crippen LogP contribution is -2.29. The number of nitrogens with zero attached hydrogens (tertiary/aromatic N) is 1. The fourth-order valence-electron chi connectivity index (χ4n) is 1.48. The Balaban J connectivity index is 2.16. The van der Waals surface area contributed by atoms with Crippen LogP contribution in [0.1, 0.15) is 10.4 Å². The first-order valence-electron chi connectivity index (χ1n) is 5.86. The molecular formula is C13H10Cl2N2O4S. The largest absolute Gasteiger partial charge is 0.437 e. The Kier molecular flexibility index (Phi) is 4.90. The normalized spacial score (nSPS) is 11.0. The van der Waals surface area contributed by atoms with Gasteiger partial charge in [-0.25, -0.2) is 18.1 Å². The first-order valence-corrected chi connectivity index (χ1v) is 8.51. The molecular weight excluding hydrogens is 351 g/mol. The molecule has 0 aliphatic rings. The van der Waals surface area contributed by atoms with Crippen LogP contribution in [-0.4, -0.2) is 25.6 Å². The van der Waals surface area contributed by atoms with Gasteiger partial charge in [0.1, 0.15) is 10.8 Å². The van der Waals surface area contributed by atoms with Crippen LogP contribution in [0.5, 0.6) is 11.6 Å². The number of nitrogens with one attached hydrogen (secondary N) is 1. The first kappa shape index (κ1) is 16.5. The minimum absolute atomic E-state index is 0.0787. The van der Waals surface area contributed by atoms with Gasteiger partial charge in [0.15, 0.2) is 0 Å². The van der Waals surface area contributed by atoms with E-state index in [2.05, 4.69) is 4.98 Å². The molecule has 0 bridgehead atoms. The molecule has 2 aromatic rings. The second-order valence-electron chi connectivity index (χ2n) is 4.24. The van der Waals surface area contributed by atoms with Gasteiger partial charge in [0.2, 0.25) is 15.9 Å². The number of halogens is 2. The maximum atomic E-state index is 11.6. The van der Waals surface area contributed by atoms with Crippen LogP contribution in [0.2, 0.25) is 10.0 Å². The van der Waals surface area contributed by atoms with Crippen LogP contribution >= 0.6 is 23.2 Å². The van der Waals surface area contributed by atoms with E-state index in [0.29, 0.717) is 10.8 Å². The van der Waals surface area contributed by atoms with Gasteiger partial charge in [-0.1, -0.05) is 29.3 Å². The van der Waals surface area contributed by atoms with E-state index in [-0.39, 0.29) is 16.5 Å². The van der Waals surface area contributed by atoms with Crippen molar-refractivity contribution >= 4 is 39.1 Å². The van der Waals surface area contributed by atoms with Gasteiger partial charge in [-0.3, -0.25) is 4.79 Å². The van der Waals surface area contributed by atoms with Gasteiger partial charge in [-0.2, -0.15) is 0 Å². The number of hydrogen-bond donors (Lipinski definition) is 1. The number of hydrogen-bond acceptors (Lipinski definition) is 5. The zero-order chi connectivity index (χ0) is 16.3. The Labute approximate surface area is 137 Å². The lowest BCUT2D eigenvalue weighted by molar-refractivity contribution is 0.0981. The molecule has 0 atom stereocenters. The van der Waals surface area contributed by atoms with Crippen molar-refractivity contribution in [2.45, 2.75) is 0 Å². The Bertz CT molecular complexity index is 807. The van der Waals surface area contributed by atoms with Crippen LogP contribution in [0.25, 0.3) is 0 Å². The molecule has 1 aromatic carbocycles. The van der Waals surface area contributed by atoms with Gasteiger partial charge < -0.3 is 4.74 Å². The lowest BCUT2D eigenvalue weighted by Gasteiger charge is -2.08. The molecule has 1 N–H and O–H groups in total. The highest BCUT2D eigenvalue weighted by molar-refractivity contribution is 7.89. The summed E-state index contributed by atoms with van der Waals surface area (Å²) in [4.78, 5) is 15.5. The summed E-state index contributed by atoms with van der Waals surface area (Å²) in [5, 5.41) is 0.577. The summed E-state index contributed by atoms with van der Waals surface area (Å²) >= 11 is 11.8. The monoisotopic (exact) mass is 360 g/mol. The number of benzene rings is 1. The summed E-state index contributed by atoms with van der Waals surface area (Å²) in [6.45, 7) is 0. The van der Waals surface area contributed by atoms with Gasteiger partial charge in [0.25, 0.3) is 5.91 Å². The van der Waals surface area contributed by atoms with Crippen LogP contribution in [0.4, 0.5) is 0 Å². The molecule has 0 unspecified atom stereocenters. The van der Waals surface area contributed by atoms with Gasteiger partial charge >= 0.3 is 0 Å². The van der Waals surface area contributed by atoms with Crippen molar-refractivity contribution in [1.82, 2.24) is 9.71 Å². The second-order valence-corrected chi connectivity index (χ2v) is 6.78. The zero-order valence-corrected chi connectivity index (χ0v) is 13.5. The van der Waals surface area contributed by atoms with Crippen LogP contribution < -0.4 is 9.46 Å². The molecule has 6 nitrogen and oxygen atoms in total. The quantitative estimate of drug-likeness (QED) is 0.905. The Hall–Kier alpha value is -1.83. The van der Waals surface area contributed by atoms with Gasteiger partial charge in [0.05, 0.1) is 16.8 Å². The van der Waals surface area contributed by atoms with E-state index in [0.717, 1.165) is 6.26 Å². The third-order valence-electron chi connectivity index (χ3n) is 2.41. The van der Waals surface area contributed by atoms with E-state index >= 15 is 0 Å². The fraction of sp³-hybridized carbons (Fsp3) is 0.0769. The minimum atomic E-state index is -3.63. The van der Waals surface area contributed by atoms with Gasteiger partial charge in [-0.05, 0) is 18.2 Å². The number of carbonyl (C=O) groups excluding carboxylic acids is 1. The van der Waals surface area contributed by atoms with Gasteiger partial charge in [0, 0.05) is 12.3 Å². The zero-order valence-electron chi connectivity index (χ0n) is 11.2. The van der Waals surface area contributed by atoms with Crippen molar-refractivity contribution in [2.24, 2.45) is 0 Å². The Morgan fingerprint density at radius 3 is 2.55 bits per heavy atom. The number of sulfonamides is 1. The second kappa shape index (κ2) is 6.51. The molecule has 22 heavy (non-hydrogen) atoms. The minimum Gasteiger partial charge on any atom is -0.437 e. The average Bonchev–Trinajstić information content (AvgIpc) is 2.43. The third-order valence-corrected chi connectivity index (χ3v) is 3.77. The summed E-state index contributed by atoms with van der Waals surface area (Å²) in [7, 11) is -3.63. The summed E-state index contributed by atoms with van der Waals surface area (Å²) < 4.78 is 29.3. The number of carbonyl (C=O) groups is 1.